The van der Waals surface area contributed by atoms with Gasteiger partial charge in [-0.1, -0.05) is 32.9 Å². The van der Waals surface area contributed by atoms with Gasteiger partial charge in [0.15, 0.2) is 0 Å². The van der Waals surface area contributed by atoms with Gasteiger partial charge in [0.1, 0.15) is 0 Å². The number of benzene rings is 1. The van der Waals surface area contributed by atoms with Crippen molar-refractivity contribution in [3.8, 4) is 0 Å². The van der Waals surface area contributed by atoms with Crippen LogP contribution in [0.1, 0.15) is 39.2 Å². The van der Waals surface area contributed by atoms with Gasteiger partial charge in [-0.05, 0) is 37.0 Å². The third kappa shape index (κ3) is 2.16. The van der Waals surface area contributed by atoms with E-state index in [9.17, 15) is 0 Å². The van der Waals surface area contributed by atoms with Crippen molar-refractivity contribution in [3.63, 3.8) is 0 Å². The second-order valence-electron chi connectivity index (χ2n) is 6.59. The number of anilines is 1. The first kappa shape index (κ1) is 13.0. The summed E-state index contributed by atoms with van der Waals surface area (Å²) in [5.74, 6) is 0.689. The Kier molecular flexibility index (Phi) is 3.30. The first-order chi connectivity index (χ1) is 9.13. The zero-order valence-electron chi connectivity index (χ0n) is 12.3. The van der Waals surface area contributed by atoms with E-state index in [1.807, 2.05) is 0 Å². The van der Waals surface area contributed by atoms with Gasteiger partial charge in [0, 0.05) is 29.7 Å². The minimum Gasteiger partial charge on any atom is -0.381 e. The maximum absolute atomic E-state index is 5.96. The molecule has 1 aromatic carbocycles. The average Bonchev–Trinajstić information content (AvgIpc) is 2.45. The van der Waals surface area contributed by atoms with Gasteiger partial charge in [0.05, 0.1) is 6.10 Å². The molecule has 1 aliphatic heterocycles. The third-order valence-corrected chi connectivity index (χ3v) is 4.99. The van der Waals surface area contributed by atoms with Gasteiger partial charge in [-0.3, -0.25) is 0 Å². The molecule has 0 radical (unpaired) electrons. The fraction of sp³-hybridized carbons (Fsp3) is 0.647. The first-order valence-electron chi connectivity index (χ1n) is 7.60. The van der Waals surface area contributed by atoms with Crippen molar-refractivity contribution >= 4 is 5.69 Å². The van der Waals surface area contributed by atoms with Crippen LogP contribution in [-0.2, 0) is 11.2 Å². The molecule has 2 aliphatic rings. The number of hydrogen-bond donors (Lipinski definition) is 1. The van der Waals surface area contributed by atoms with Gasteiger partial charge in [-0.2, -0.15) is 0 Å². The van der Waals surface area contributed by atoms with Crippen LogP contribution in [0.2, 0.25) is 0 Å². The van der Waals surface area contributed by atoms with Gasteiger partial charge in [0.25, 0.3) is 0 Å². The van der Waals surface area contributed by atoms with E-state index >= 15 is 0 Å². The van der Waals surface area contributed by atoms with Crippen LogP contribution in [0.25, 0.3) is 0 Å². The lowest BCUT2D eigenvalue weighted by molar-refractivity contribution is -0.177. The molecule has 19 heavy (non-hydrogen) atoms. The molecule has 3 atom stereocenters. The molecule has 104 valence electrons. The lowest BCUT2D eigenvalue weighted by Crippen LogP contribution is -2.67. The molecule has 1 N–H and O–H groups in total. The summed E-state index contributed by atoms with van der Waals surface area (Å²) in [6, 6.07) is 9.37. The molecule has 1 aromatic rings. The smallest absolute Gasteiger partial charge is 0.0693 e. The maximum atomic E-state index is 5.96. The minimum atomic E-state index is 0.243. The second kappa shape index (κ2) is 4.82. The highest BCUT2D eigenvalue weighted by atomic mass is 16.5. The SMILES string of the molecule is CCc1cccc(NC2C3CCCOC3C2(C)C)c1. The molecule has 3 unspecified atom stereocenters. The molecule has 2 fully saturated rings. The highest BCUT2D eigenvalue weighted by Gasteiger charge is 2.57. The second-order valence-corrected chi connectivity index (χ2v) is 6.59. The molecule has 3 rings (SSSR count). The number of ether oxygens (including phenoxy) is 1. The largest absolute Gasteiger partial charge is 0.381 e. The van der Waals surface area contributed by atoms with Gasteiger partial charge in [-0.25, -0.2) is 0 Å². The van der Waals surface area contributed by atoms with E-state index in [0.29, 0.717) is 18.1 Å². The Morgan fingerprint density at radius 2 is 2.21 bits per heavy atom. The van der Waals surface area contributed by atoms with Gasteiger partial charge in [0.2, 0.25) is 0 Å². The highest BCUT2D eigenvalue weighted by molar-refractivity contribution is 5.48. The molecule has 0 bridgehead atoms. The normalized spacial score (nSPS) is 32.3. The van der Waals surface area contributed by atoms with E-state index in [1.165, 1.54) is 24.1 Å². The fourth-order valence-electron chi connectivity index (χ4n) is 3.88. The minimum absolute atomic E-state index is 0.243. The summed E-state index contributed by atoms with van der Waals surface area (Å²) < 4.78 is 5.96. The topological polar surface area (TPSA) is 21.3 Å². The highest BCUT2D eigenvalue weighted by Crippen LogP contribution is 2.52. The summed E-state index contributed by atoms with van der Waals surface area (Å²) in [5, 5.41) is 3.76. The van der Waals surface area contributed by atoms with Crippen molar-refractivity contribution in [2.24, 2.45) is 11.3 Å². The Bertz CT molecular complexity index is 454. The van der Waals surface area contributed by atoms with Crippen molar-refractivity contribution < 1.29 is 4.74 Å². The maximum Gasteiger partial charge on any atom is 0.0693 e. The number of hydrogen-bond acceptors (Lipinski definition) is 2. The van der Waals surface area contributed by atoms with Crippen molar-refractivity contribution in [2.45, 2.75) is 52.2 Å². The monoisotopic (exact) mass is 259 g/mol. The third-order valence-electron chi connectivity index (χ3n) is 4.99. The zero-order chi connectivity index (χ0) is 13.5. The Balaban J connectivity index is 1.75. The summed E-state index contributed by atoms with van der Waals surface area (Å²) in [4.78, 5) is 0. The summed E-state index contributed by atoms with van der Waals surface area (Å²) in [7, 11) is 0. The Morgan fingerprint density at radius 1 is 1.37 bits per heavy atom. The van der Waals surface area contributed by atoms with Gasteiger partial charge in [-0.15, -0.1) is 0 Å². The van der Waals surface area contributed by atoms with Crippen LogP contribution in [-0.4, -0.2) is 18.8 Å². The first-order valence-corrected chi connectivity index (χ1v) is 7.60. The molecule has 0 spiro atoms. The molecular weight excluding hydrogens is 234 g/mol. The molecule has 2 heteroatoms. The van der Waals surface area contributed by atoms with Crippen LogP contribution < -0.4 is 5.32 Å². The summed E-state index contributed by atoms with van der Waals surface area (Å²) in [6.45, 7) is 7.82. The molecule has 1 aliphatic carbocycles. The van der Waals surface area contributed by atoms with Gasteiger partial charge >= 0.3 is 0 Å². The number of fused-ring (bicyclic) bond motifs is 1. The molecule has 0 amide bonds. The van der Waals surface area contributed by atoms with Crippen molar-refractivity contribution in [1.29, 1.82) is 0 Å². The lowest BCUT2D eigenvalue weighted by Gasteiger charge is -2.60. The van der Waals surface area contributed by atoms with Crippen LogP contribution >= 0.6 is 0 Å². The van der Waals surface area contributed by atoms with E-state index in [0.717, 1.165) is 13.0 Å². The summed E-state index contributed by atoms with van der Waals surface area (Å²) in [6.07, 6.45) is 4.07. The van der Waals surface area contributed by atoms with Crippen molar-refractivity contribution in [1.82, 2.24) is 0 Å². The van der Waals surface area contributed by atoms with Crippen LogP contribution in [0.15, 0.2) is 24.3 Å². The Morgan fingerprint density at radius 3 is 3.00 bits per heavy atom. The predicted octanol–water partition coefficient (Wildman–Crippen LogP) is 3.86. The molecule has 1 saturated carbocycles. The molecule has 1 saturated heterocycles. The van der Waals surface area contributed by atoms with Crippen molar-refractivity contribution in [2.75, 3.05) is 11.9 Å². The Labute approximate surface area is 116 Å². The predicted molar refractivity (Wildman–Crippen MR) is 79.5 cm³/mol. The van der Waals surface area contributed by atoms with E-state index in [1.54, 1.807) is 0 Å². The number of nitrogens with one attached hydrogen (secondary N) is 1. The Hall–Kier alpha value is -1.02. The average molecular weight is 259 g/mol. The van der Waals surface area contributed by atoms with Crippen LogP contribution in [0.5, 0.6) is 0 Å². The molecule has 2 nitrogen and oxygen atoms in total. The van der Waals surface area contributed by atoms with E-state index in [-0.39, 0.29) is 5.41 Å². The number of rotatable bonds is 3. The van der Waals surface area contributed by atoms with E-state index < -0.39 is 0 Å². The van der Waals surface area contributed by atoms with Gasteiger partial charge < -0.3 is 10.1 Å². The zero-order valence-corrected chi connectivity index (χ0v) is 12.3. The molecule has 1 heterocycles. The van der Waals surface area contributed by atoms with E-state index in [2.05, 4.69) is 50.4 Å². The van der Waals surface area contributed by atoms with Crippen LogP contribution in [0.3, 0.4) is 0 Å². The number of aryl methyl sites for hydroxylation is 1. The van der Waals surface area contributed by atoms with Crippen LogP contribution in [0.4, 0.5) is 5.69 Å². The standard InChI is InChI=1S/C17H25NO/c1-4-12-7-5-8-13(11-12)18-15-14-9-6-10-19-16(14)17(15,2)3/h5,7-8,11,14-16,18H,4,6,9-10H2,1-3H3. The van der Waals surface area contributed by atoms with Crippen LogP contribution in [0, 0.1) is 11.3 Å². The fourth-order valence-corrected chi connectivity index (χ4v) is 3.88. The molecular formula is C17H25NO. The summed E-state index contributed by atoms with van der Waals surface area (Å²) >= 11 is 0. The quantitative estimate of drug-likeness (QED) is 0.890. The van der Waals surface area contributed by atoms with Crippen molar-refractivity contribution in [3.05, 3.63) is 29.8 Å². The lowest BCUT2D eigenvalue weighted by atomic mass is 9.55. The van der Waals surface area contributed by atoms with E-state index in [4.69, 9.17) is 4.74 Å². The molecule has 0 aromatic heterocycles. The summed E-state index contributed by atoms with van der Waals surface area (Å²) in [5.41, 5.74) is 2.91.